The summed E-state index contributed by atoms with van der Waals surface area (Å²) >= 11 is 0. The smallest absolute Gasteiger partial charge is 0.327 e. The number of hydrogen-bond acceptors (Lipinski definition) is 7. The number of anilines is 1. The normalized spacial score (nSPS) is 10.2. The molecule has 0 unspecified atom stereocenters. The molecule has 9 heteroatoms. The number of ether oxygens (including phenoxy) is 4. The molecular weight excluding hydrogens is 416 g/mol. The Morgan fingerprint density at radius 3 is 2.16 bits per heavy atom. The molecule has 9 nitrogen and oxygen atoms in total. The van der Waals surface area contributed by atoms with Crippen molar-refractivity contribution < 1.29 is 28.7 Å². The molecule has 1 amide bonds. The van der Waals surface area contributed by atoms with E-state index in [4.69, 9.17) is 18.9 Å². The number of methoxy groups -OCH3 is 3. The van der Waals surface area contributed by atoms with Gasteiger partial charge in [0.15, 0.2) is 11.5 Å². The predicted molar refractivity (Wildman–Crippen MR) is 118 cm³/mol. The maximum absolute atomic E-state index is 13.1. The highest BCUT2D eigenvalue weighted by Crippen LogP contribution is 2.46. The fourth-order valence-corrected chi connectivity index (χ4v) is 3.08. The van der Waals surface area contributed by atoms with E-state index in [1.165, 1.54) is 27.4 Å². The number of amides is 1. The van der Waals surface area contributed by atoms with Crippen LogP contribution in [0.3, 0.4) is 0 Å². The Kier molecular flexibility index (Phi) is 6.79. The average Bonchev–Trinajstić information content (AvgIpc) is 2.79. The second kappa shape index (κ2) is 9.69. The molecule has 3 rings (SSSR count). The van der Waals surface area contributed by atoms with Gasteiger partial charge in [0.2, 0.25) is 11.5 Å². The topological polar surface area (TPSA) is 109 Å². The van der Waals surface area contributed by atoms with Gasteiger partial charge in [-0.3, -0.25) is 14.9 Å². The van der Waals surface area contributed by atoms with E-state index in [2.05, 4.69) is 5.32 Å². The Hall–Kier alpha value is -4.27. The number of nitrogens with zero attached hydrogens (tertiary/aromatic N) is 1. The van der Waals surface area contributed by atoms with Gasteiger partial charge >= 0.3 is 5.69 Å². The van der Waals surface area contributed by atoms with Crippen LogP contribution in [0.1, 0.15) is 15.9 Å². The number of benzene rings is 3. The third-order valence-electron chi connectivity index (χ3n) is 4.62. The molecule has 3 aromatic rings. The average molecular weight is 438 g/mol. The maximum atomic E-state index is 13.1. The second-order valence-corrected chi connectivity index (χ2v) is 6.66. The van der Waals surface area contributed by atoms with Crippen LogP contribution in [-0.4, -0.2) is 32.2 Å². The lowest BCUT2D eigenvalue weighted by molar-refractivity contribution is -0.386. The zero-order valence-corrected chi connectivity index (χ0v) is 18.0. The first-order valence-electron chi connectivity index (χ1n) is 9.51. The summed E-state index contributed by atoms with van der Waals surface area (Å²) in [5.41, 5.74) is 0.615. The molecule has 166 valence electrons. The van der Waals surface area contributed by atoms with Gasteiger partial charge in [0.05, 0.1) is 31.9 Å². The molecule has 0 heterocycles. The molecule has 1 N–H and O–H groups in total. The summed E-state index contributed by atoms with van der Waals surface area (Å²) in [5, 5.41) is 14.5. The van der Waals surface area contributed by atoms with Gasteiger partial charge in [-0.05, 0) is 31.2 Å². The quantitative estimate of drug-likeness (QED) is 0.390. The molecule has 0 radical (unpaired) electrons. The third kappa shape index (κ3) is 4.56. The summed E-state index contributed by atoms with van der Waals surface area (Å²) in [6.45, 7) is 1.96. The highest BCUT2D eigenvalue weighted by Gasteiger charge is 2.32. The van der Waals surface area contributed by atoms with Crippen LogP contribution in [0, 0.1) is 17.0 Å². The molecule has 0 aromatic heterocycles. The van der Waals surface area contributed by atoms with Crippen LogP contribution in [0.5, 0.6) is 28.7 Å². The largest absolute Gasteiger partial charge is 0.493 e. The monoisotopic (exact) mass is 438 g/mol. The van der Waals surface area contributed by atoms with Crippen LogP contribution in [0.25, 0.3) is 0 Å². The van der Waals surface area contributed by atoms with Crippen LogP contribution in [0.4, 0.5) is 11.4 Å². The molecular formula is C23H22N2O7. The van der Waals surface area contributed by atoms with Crippen LogP contribution in [0.15, 0.2) is 54.6 Å². The Balaban J connectivity index is 2.01. The number of rotatable bonds is 8. The number of carbonyl (C=O) groups excluding carboxylic acids is 1. The van der Waals surface area contributed by atoms with Gasteiger partial charge in [-0.15, -0.1) is 0 Å². The van der Waals surface area contributed by atoms with Gasteiger partial charge in [0.1, 0.15) is 11.3 Å². The molecule has 0 aliphatic heterocycles. The summed E-state index contributed by atoms with van der Waals surface area (Å²) < 4.78 is 21.5. The molecule has 0 atom stereocenters. The number of carbonyl (C=O) groups is 1. The van der Waals surface area contributed by atoms with Crippen LogP contribution >= 0.6 is 0 Å². The Morgan fingerprint density at radius 1 is 0.906 bits per heavy atom. The standard InChI is InChI=1S/C23H22N2O7/c1-14-9-11-15(12-10-14)32-18-8-6-5-7-17(18)24-23(26)16-13-19(29-2)21(30-3)22(31-4)20(16)25(27)28/h5-13H,1-4H3,(H,24,26). The number of hydrogen-bond donors (Lipinski definition) is 1. The molecule has 0 aliphatic carbocycles. The van der Waals surface area contributed by atoms with Crippen molar-refractivity contribution in [2.45, 2.75) is 6.92 Å². The molecule has 0 bridgehead atoms. The first-order valence-corrected chi connectivity index (χ1v) is 9.51. The van der Waals surface area contributed by atoms with E-state index in [1.807, 2.05) is 19.1 Å². The van der Waals surface area contributed by atoms with Crippen molar-refractivity contribution in [2.24, 2.45) is 0 Å². The minimum absolute atomic E-state index is 0.0151. The Labute approximate surface area is 184 Å². The predicted octanol–water partition coefficient (Wildman–Crippen LogP) is 4.97. The van der Waals surface area contributed by atoms with Gasteiger partial charge in [-0.2, -0.15) is 0 Å². The number of nitro benzene ring substituents is 1. The maximum Gasteiger partial charge on any atom is 0.327 e. The highest BCUT2D eigenvalue weighted by molar-refractivity contribution is 6.09. The van der Waals surface area contributed by atoms with Crippen LogP contribution in [-0.2, 0) is 0 Å². The van der Waals surface area contributed by atoms with Crippen molar-refractivity contribution in [1.29, 1.82) is 0 Å². The first kappa shape index (κ1) is 22.4. The first-order chi connectivity index (χ1) is 15.4. The third-order valence-corrected chi connectivity index (χ3v) is 4.62. The molecule has 0 saturated carbocycles. The minimum atomic E-state index is -0.740. The second-order valence-electron chi connectivity index (χ2n) is 6.66. The SMILES string of the molecule is COc1cc(C(=O)Nc2ccccc2Oc2ccc(C)cc2)c([N+](=O)[O-])c(OC)c1OC. The number of nitrogens with one attached hydrogen (secondary N) is 1. The van der Waals surface area contributed by atoms with Crippen molar-refractivity contribution in [3.8, 4) is 28.7 Å². The van der Waals surface area contributed by atoms with Gasteiger partial charge in [-0.25, -0.2) is 0 Å². The van der Waals surface area contributed by atoms with E-state index in [1.54, 1.807) is 36.4 Å². The molecule has 0 saturated heterocycles. The van der Waals surface area contributed by atoms with Gasteiger partial charge in [0, 0.05) is 6.07 Å². The van der Waals surface area contributed by atoms with Crippen molar-refractivity contribution >= 4 is 17.3 Å². The molecule has 32 heavy (non-hydrogen) atoms. The zero-order valence-electron chi connectivity index (χ0n) is 18.0. The van der Waals surface area contributed by atoms with Crippen molar-refractivity contribution in [3.63, 3.8) is 0 Å². The molecule has 3 aromatic carbocycles. The Bertz CT molecular complexity index is 1140. The van der Waals surface area contributed by atoms with Crippen LogP contribution in [0.2, 0.25) is 0 Å². The number of nitro groups is 1. The van der Waals surface area contributed by atoms with Gasteiger partial charge < -0.3 is 24.3 Å². The summed E-state index contributed by atoms with van der Waals surface area (Å²) in [6, 6.07) is 15.4. The number of aryl methyl sites for hydroxylation is 1. The van der Waals surface area contributed by atoms with Crippen molar-refractivity contribution in [1.82, 2.24) is 0 Å². The van der Waals surface area contributed by atoms with E-state index < -0.39 is 16.5 Å². The van der Waals surface area contributed by atoms with Crippen molar-refractivity contribution in [3.05, 3.63) is 75.8 Å². The fraction of sp³-hybridized carbons (Fsp3) is 0.174. The van der Waals surface area contributed by atoms with E-state index >= 15 is 0 Å². The lowest BCUT2D eigenvalue weighted by Crippen LogP contribution is -2.16. The summed E-state index contributed by atoms with van der Waals surface area (Å²) in [7, 11) is 3.93. The van der Waals surface area contributed by atoms with E-state index in [-0.39, 0.29) is 22.8 Å². The highest BCUT2D eigenvalue weighted by atomic mass is 16.6. The lowest BCUT2D eigenvalue weighted by Gasteiger charge is -2.16. The van der Waals surface area contributed by atoms with Gasteiger partial charge in [0.25, 0.3) is 5.91 Å². The van der Waals surface area contributed by atoms with E-state index in [0.717, 1.165) is 5.56 Å². The van der Waals surface area contributed by atoms with E-state index in [0.29, 0.717) is 17.2 Å². The lowest BCUT2D eigenvalue weighted by atomic mass is 10.1. The number of para-hydroxylation sites is 2. The van der Waals surface area contributed by atoms with Crippen LogP contribution < -0.4 is 24.3 Å². The Morgan fingerprint density at radius 2 is 1.56 bits per heavy atom. The molecule has 0 spiro atoms. The van der Waals surface area contributed by atoms with Gasteiger partial charge in [-0.1, -0.05) is 29.8 Å². The summed E-state index contributed by atoms with van der Waals surface area (Å²) in [5.74, 6) is 0.128. The zero-order chi connectivity index (χ0) is 23.3. The van der Waals surface area contributed by atoms with Crippen molar-refractivity contribution in [2.75, 3.05) is 26.6 Å². The molecule has 0 aliphatic rings. The van der Waals surface area contributed by atoms with E-state index in [9.17, 15) is 14.9 Å². The summed E-state index contributed by atoms with van der Waals surface area (Å²) in [6.07, 6.45) is 0. The minimum Gasteiger partial charge on any atom is -0.493 e. The fourth-order valence-electron chi connectivity index (χ4n) is 3.08. The molecule has 0 fully saturated rings. The summed E-state index contributed by atoms with van der Waals surface area (Å²) in [4.78, 5) is 24.2.